The Balaban J connectivity index is 1.14. The lowest BCUT2D eigenvalue weighted by Gasteiger charge is -2.19. The number of hydrogen-bond donors (Lipinski definition) is 3. The first-order valence-electron chi connectivity index (χ1n) is 17.7. The number of aromatic amines is 1. The van der Waals surface area contributed by atoms with E-state index in [4.69, 9.17) is 25.8 Å². The van der Waals surface area contributed by atoms with Gasteiger partial charge in [0.1, 0.15) is 36.5 Å². The fraction of sp³-hybridized carbons (Fsp3) is 0.341. The van der Waals surface area contributed by atoms with E-state index in [0.29, 0.717) is 41.8 Å². The molecule has 3 aromatic carbocycles. The van der Waals surface area contributed by atoms with Crippen LogP contribution in [0, 0.1) is 25.2 Å². The van der Waals surface area contributed by atoms with Gasteiger partial charge in [0.2, 0.25) is 0 Å². The maximum Gasteiger partial charge on any atom is 0.142 e. The van der Waals surface area contributed by atoms with Gasteiger partial charge in [-0.25, -0.2) is 0 Å². The van der Waals surface area contributed by atoms with Gasteiger partial charge in [-0.05, 0) is 78.8 Å². The van der Waals surface area contributed by atoms with Crippen LogP contribution in [0.2, 0.25) is 5.02 Å². The van der Waals surface area contributed by atoms with Crippen LogP contribution in [0.15, 0.2) is 79.3 Å². The van der Waals surface area contributed by atoms with E-state index in [9.17, 15) is 10.4 Å². The molecule has 0 radical (unpaired) electrons. The number of nitrogens with one attached hydrogen (secondary N) is 2. The van der Waals surface area contributed by atoms with E-state index in [0.717, 1.165) is 95.8 Å². The zero-order valence-electron chi connectivity index (χ0n) is 29.7. The number of rotatable bonds is 17. The minimum Gasteiger partial charge on any atom is -0.493 e. The van der Waals surface area contributed by atoms with Crippen molar-refractivity contribution in [1.29, 1.82) is 5.26 Å². The Hall–Kier alpha value is -4.92. The third kappa shape index (κ3) is 9.69. The zero-order chi connectivity index (χ0) is 36.3. The fourth-order valence-electron chi connectivity index (χ4n) is 6.45. The molecule has 3 heterocycles. The largest absolute Gasteiger partial charge is 0.493 e. The number of nitrogens with zero attached hydrogens (tertiary/aromatic N) is 4. The van der Waals surface area contributed by atoms with Gasteiger partial charge in [0.05, 0.1) is 29.0 Å². The Morgan fingerprint density at radius 1 is 0.962 bits per heavy atom. The summed E-state index contributed by atoms with van der Waals surface area (Å²) in [6.07, 6.45) is 7.37. The number of hydrogen-bond acceptors (Lipinski definition) is 9. The topological polar surface area (TPSA) is 129 Å². The average molecular weight is 721 g/mol. The van der Waals surface area contributed by atoms with Crippen molar-refractivity contribution in [2.24, 2.45) is 0 Å². The number of aromatic nitrogens is 3. The third-order valence-electron chi connectivity index (χ3n) is 9.39. The Kier molecular flexibility index (Phi) is 12.8. The SMILES string of the molecule is Cc1c(COc2cc(OCc3cncc(C#N)c3)c(CNCCc3cc[nH]n3)cc2Cl)cccc1-c1cccc(OCCCN2CC[C@@H](O)C2)c1C. The van der Waals surface area contributed by atoms with Crippen molar-refractivity contribution in [3.05, 3.63) is 123 Å². The van der Waals surface area contributed by atoms with Crippen LogP contribution >= 0.6 is 11.6 Å². The number of aliphatic hydroxyl groups is 1. The molecule has 6 rings (SSSR count). The lowest BCUT2D eigenvalue weighted by atomic mass is 9.93. The van der Waals surface area contributed by atoms with Gasteiger partial charge in [-0.2, -0.15) is 10.4 Å². The van der Waals surface area contributed by atoms with Crippen LogP contribution in [-0.2, 0) is 26.2 Å². The second-order valence-corrected chi connectivity index (χ2v) is 13.5. The van der Waals surface area contributed by atoms with E-state index in [1.54, 1.807) is 12.3 Å². The molecule has 3 N–H and O–H groups in total. The van der Waals surface area contributed by atoms with Gasteiger partial charge < -0.3 is 29.5 Å². The summed E-state index contributed by atoms with van der Waals surface area (Å²) in [5.41, 5.74) is 8.61. The minimum absolute atomic E-state index is 0.201. The monoisotopic (exact) mass is 720 g/mol. The molecule has 270 valence electrons. The van der Waals surface area contributed by atoms with E-state index < -0.39 is 0 Å². The zero-order valence-corrected chi connectivity index (χ0v) is 30.5. The number of halogens is 1. The van der Waals surface area contributed by atoms with Gasteiger partial charge in [0, 0.05) is 74.9 Å². The maximum absolute atomic E-state index is 9.80. The molecule has 0 saturated carbocycles. The minimum atomic E-state index is -0.201. The molecule has 0 spiro atoms. The number of H-pyrrole nitrogens is 1. The van der Waals surface area contributed by atoms with Crippen molar-refractivity contribution in [3.63, 3.8) is 0 Å². The lowest BCUT2D eigenvalue weighted by Crippen LogP contribution is -2.24. The second kappa shape index (κ2) is 18.0. The van der Waals surface area contributed by atoms with Crippen molar-refractivity contribution in [2.45, 2.75) is 59.0 Å². The molecule has 1 fully saturated rings. The maximum atomic E-state index is 9.80. The van der Waals surface area contributed by atoms with Crippen molar-refractivity contribution in [3.8, 4) is 34.4 Å². The van der Waals surface area contributed by atoms with Crippen molar-refractivity contribution < 1.29 is 19.3 Å². The van der Waals surface area contributed by atoms with E-state index in [-0.39, 0.29) is 12.7 Å². The van der Waals surface area contributed by atoms with Gasteiger partial charge in [0.25, 0.3) is 0 Å². The number of ether oxygens (including phenoxy) is 3. The Morgan fingerprint density at radius 3 is 2.58 bits per heavy atom. The fourth-order valence-corrected chi connectivity index (χ4v) is 6.69. The van der Waals surface area contributed by atoms with Crippen LogP contribution < -0.4 is 19.5 Å². The van der Waals surface area contributed by atoms with Crippen molar-refractivity contribution in [1.82, 2.24) is 25.4 Å². The molecule has 1 saturated heterocycles. The molecule has 0 amide bonds. The first-order chi connectivity index (χ1) is 25.4. The van der Waals surface area contributed by atoms with Crippen LogP contribution in [0.3, 0.4) is 0 Å². The highest BCUT2D eigenvalue weighted by Crippen LogP contribution is 2.36. The molecule has 1 aliphatic heterocycles. The van der Waals surface area contributed by atoms with Gasteiger partial charge in [-0.15, -0.1) is 0 Å². The lowest BCUT2D eigenvalue weighted by molar-refractivity contribution is 0.173. The summed E-state index contributed by atoms with van der Waals surface area (Å²) >= 11 is 6.82. The average Bonchev–Trinajstić information content (AvgIpc) is 3.84. The van der Waals surface area contributed by atoms with E-state index in [1.165, 1.54) is 6.20 Å². The molecule has 0 unspecified atom stereocenters. The van der Waals surface area contributed by atoms with E-state index in [1.807, 2.05) is 36.5 Å². The van der Waals surface area contributed by atoms with Gasteiger partial charge in [-0.3, -0.25) is 10.1 Å². The highest BCUT2D eigenvalue weighted by molar-refractivity contribution is 6.32. The molecule has 5 aromatic rings. The van der Waals surface area contributed by atoms with E-state index >= 15 is 0 Å². The third-order valence-corrected chi connectivity index (χ3v) is 9.69. The summed E-state index contributed by atoms with van der Waals surface area (Å²) in [5.74, 6) is 2.02. The first kappa shape index (κ1) is 36.9. The summed E-state index contributed by atoms with van der Waals surface area (Å²) in [4.78, 5) is 6.46. The Labute approximate surface area is 310 Å². The van der Waals surface area contributed by atoms with Crippen LogP contribution in [0.25, 0.3) is 11.1 Å². The summed E-state index contributed by atoms with van der Waals surface area (Å²) in [7, 11) is 0. The molecule has 1 aliphatic rings. The Bertz CT molecular complexity index is 1980. The molecule has 52 heavy (non-hydrogen) atoms. The van der Waals surface area contributed by atoms with Gasteiger partial charge >= 0.3 is 0 Å². The second-order valence-electron chi connectivity index (χ2n) is 13.1. The number of pyridine rings is 1. The molecule has 11 heteroatoms. The van der Waals surface area contributed by atoms with Crippen molar-refractivity contribution in [2.75, 3.05) is 32.8 Å². The molecular formula is C41H45ClN6O4. The van der Waals surface area contributed by atoms with Crippen LogP contribution in [0.1, 0.15) is 51.9 Å². The molecule has 10 nitrogen and oxygen atoms in total. The summed E-state index contributed by atoms with van der Waals surface area (Å²) < 4.78 is 18.9. The highest BCUT2D eigenvalue weighted by atomic mass is 35.5. The van der Waals surface area contributed by atoms with Crippen molar-refractivity contribution >= 4 is 11.6 Å². The Morgan fingerprint density at radius 2 is 1.79 bits per heavy atom. The summed E-state index contributed by atoms with van der Waals surface area (Å²) in [6.45, 7) is 9.27. The van der Waals surface area contributed by atoms with Crippen LogP contribution in [0.5, 0.6) is 17.2 Å². The quantitative estimate of drug-likeness (QED) is 0.0876. The number of nitriles is 1. The number of benzene rings is 3. The predicted molar refractivity (Wildman–Crippen MR) is 202 cm³/mol. The number of aliphatic hydroxyl groups excluding tert-OH is 1. The number of likely N-dealkylation sites (tertiary alicyclic amines) is 1. The normalized spacial score (nSPS) is 14.3. The first-order valence-corrected chi connectivity index (χ1v) is 18.1. The number of β-amino-alcohol motifs (C(OH)–C–C–N with tert-alkyl or cyclic N) is 1. The smallest absolute Gasteiger partial charge is 0.142 e. The summed E-state index contributed by atoms with van der Waals surface area (Å²) in [6, 6.07) is 22.0. The van der Waals surface area contributed by atoms with Crippen LogP contribution in [-0.4, -0.2) is 64.1 Å². The molecular weight excluding hydrogens is 676 g/mol. The molecule has 0 bridgehead atoms. The van der Waals surface area contributed by atoms with Gasteiger partial charge in [-0.1, -0.05) is 41.9 Å². The predicted octanol–water partition coefficient (Wildman–Crippen LogP) is 6.94. The van der Waals surface area contributed by atoms with Gasteiger partial charge in [0.15, 0.2) is 0 Å². The van der Waals surface area contributed by atoms with E-state index in [2.05, 4.69) is 69.6 Å². The van der Waals surface area contributed by atoms with Crippen LogP contribution in [0.4, 0.5) is 0 Å². The summed E-state index contributed by atoms with van der Waals surface area (Å²) in [5, 5.41) is 30.1. The molecule has 1 atom stereocenters. The standard InChI is InChI=1S/C41H45ClN6O4/c1-28-32(6-3-7-36(28)37-8-4-9-39(29(37)2)50-17-5-15-48-16-12-35(49)25-48)27-52-41-20-40(51-26-31-18-30(21-43)22-45-23-31)33(19-38(41)42)24-44-13-10-34-11-14-46-47-34/h3-4,6-9,11,14,18-20,22-23,35,44,49H,5,10,12-13,15-17,24-27H2,1-2H3,(H,46,47)/t35-/m1/s1. The molecule has 2 aromatic heterocycles. The highest BCUT2D eigenvalue weighted by Gasteiger charge is 2.20. The molecule has 0 aliphatic carbocycles.